The average Bonchev–Trinajstić information content (AvgIpc) is 2.78. The number of hydrogen-bond acceptors (Lipinski definition) is 3. The summed E-state index contributed by atoms with van der Waals surface area (Å²) in [5, 5.41) is 7.14. The second-order valence-electron chi connectivity index (χ2n) is 5.18. The van der Waals surface area contributed by atoms with E-state index in [9.17, 15) is 0 Å². The summed E-state index contributed by atoms with van der Waals surface area (Å²) >= 11 is 0. The van der Waals surface area contributed by atoms with Crippen molar-refractivity contribution in [3.63, 3.8) is 0 Å². The maximum Gasteiger partial charge on any atom is 0.156 e. The van der Waals surface area contributed by atoms with Crippen LogP contribution in [0.15, 0.2) is 30.3 Å². The Morgan fingerprint density at radius 1 is 1.18 bits per heavy atom. The third-order valence-electron chi connectivity index (χ3n) is 2.63. The van der Waals surface area contributed by atoms with Crippen LogP contribution in [-0.2, 0) is 5.41 Å². The molecular formula is C13H18N4. The van der Waals surface area contributed by atoms with E-state index in [2.05, 4.69) is 36.0 Å². The van der Waals surface area contributed by atoms with Crippen LogP contribution in [0, 0.1) is 0 Å². The number of benzene rings is 1. The van der Waals surface area contributed by atoms with E-state index in [1.807, 2.05) is 30.3 Å². The summed E-state index contributed by atoms with van der Waals surface area (Å²) in [6.07, 6.45) is 0. The maximum atomic E-state index is 6.14. The Hall–Kier alpha value is -1.68. The fourth-order valence-corrected chi connectivity index (χ4v) is 1.57. The van der Waals surface area contributed by atoms with Crippen molar-refractivity contribution in [1.82, 2.24) is 15.2 Å². The first-order chi connectivity index (χ1) is 7.98. The molecule has 1 heterocycles. The number of H-pyrrole nitrogens is 1. The minimum Gasteiger partial charge on any atom is -0.318 e. The monoisotopic (exact) mass is 230 g/mol. The van der Waals surface area contributed by atoms with Crippen molar-refractivity contribution < 1.29 is 0 Å². The van der Waals surface area contributed by atoms with E-state index in [4.69, 9.17) is 5.73 Å². The van der Waals surface area contributed by atoms with Crippen LogP contribution in [0.2, 0.25) is 0 Å². The van der Waals surface area contributed by atoms with Crippen LogP contribution in [-0.4, -0.2) is 15.2 Å². The van der Waals surface area contributed by atoms with Crippen molar-refractivity contribution in [2.24, 2.45) is 5.73 Å². The van der Waals surface area contributed by atoms with E-state index < -0.39 is 0 Å². The van der Waals surface area contributed by atoms with Gasteiger partial charge in [0.05, 0.1) is 6.04 Å². The SMILES string of the molecule is CC(C)(C)c1n[nH]c([C@@H](N)c2ccccc2)n1. The molecule has 0 amide bonds. The molecule has 0 saturated carbocycles. The zero-order valence-corrected chi connectivity index (χ0v) is 10.4. The van der Waals surface area contributed by atoms with Crippen LogP contribution in [0.1, 0.15) is 44.0 Å². The molecule has 0 aliphatic rings. The molecule has 3 N–H and O–H groups in total. The van der Waals surface area contributed by atoms with Gasteiger partial charge in [-0.1, -0.05) is 51.1 Å². The number of rotatable bonds is 2. The van der Waals surface area contributed by atoms with Crippen LogP contribution in [0.5, 0.6) is 0 Å². The third kappa shape index (κ3) is 2.53. The highest BCUT2D eigenvalue weighted by Gasteiger charge is 2.21. The highest BCUT2D eigenvalue weighted by atomic mass is 15.2. The molecule has 0 aliphatic carbocycles. The normalized spacial score (nSPS) is 13.6. The molecule has 0 unspecified atom stereocenters. The Morgan fingerprint density at radius 3 is 2.35 bits per heavy atom. The molecule has 2 aromatic rings. The highest BCUT2D eigenvalue weighted by molar-refractivity contribution is 5.24. The van der Waals surface area contributed by atoms with Crippen LogP contribution < -0.4 is 5.73 Å². The van der Waals surface area contributed by atoms with Gasteiger partial charge >= 0.3 is 0 Å². The molecule has 0 aliphatic heterocycles. The molecule has 4 heteroatoms. The van der Waals surface area contributed by atoms with Gasteiger partial charge in [-0.25, -0.2) is 4.98 Å². The summed E-state index contributed by atoms with van der Waals surface area (Å²) in [6, 6.07) is 9.64. The minimum absolute atomic E-state index is 0.0643. The Bertz CT molecular complexity index is 482. The van der Waals surface area contributed by atoms with Gasteiger partial charge in [-0.2, -0.15) is 5.10 Å². The van der Waals surface area contributed by atoms with Gasteiger partial charge in [0.1, 0.15) is 5.82 Å². The van der Waals surface area contributed by atoms with Gasteiger partial charge in [-0.05, 0) is 5.56 Å². The quantitative estimate of drug-likeness (QED) is 0.830. The van der Waals surface area contributed by atoms with Crippen LogP contribution in [0.25, 0.3) is 0 Å². The Kier molecular flexibility index (Phi) is 2.98. The lowest BCUT2D eigenvalue weighted by atomic mass is 9.96. The van der Waals surface area contributed by atoms with E-state index in [1.54, 1.807) is 0 Å². The average molecular weight is 230 g/mol. The summed E-state index contributed by atoms with van der Waals surface area (Å²) in [5.74, 6) is 1.50. The van der Waals surface area contributed by atoms with Crippen molar-refractivity contribution in [3.8, 4) is 0 Å². The van der Waals surface area contributed by atoms with Crippen LogP contribution in [0.4, 0.5) is 0 Å². The lowest BCUT2D eigenvalue weighted by Gasteiger charge is -2.12. The molecule has 0 saturated heterocycles. The Labute approximate surface area is 101 Å². The lowest BCUT2D eigenvalue weighted by molar-refractivity contribution is 0.547. The van der Waals surface area contributed by atoms with E-state index >= 15 is 0 Å². The van der Waals surface area contributed by atoms with E-state index in [0.29, 0.717) is 5.82 Å². The van der Waals surface area contributed by atoms with E-state index in [1.165, 1.54) is 0 Å². The number of nitrogens with one attached hydrogen (secondary N) is 1. The van der Waals surface area contributed by atoms with Crippen LogP contribution in [0.3, 0.4) is 0 Å². The fourth-order valence-electron chi connectivity index (χ4n) is 1.57. The van der Waals surface area contributed by atoms with Crippen molar-refractivity contribution in [3.05, 3.63) is 47.5 Å². The van der Waals surface area contributed by atoms with Gasteiger partial charge in [0.25, 0.3) is 0 Å². The molecule has 17 heavy (non-hydrogen) atoms. The molecule has 0 bridgehead atoms. The number of nitrogens with two attached hydrogens (primary N) is 1. The summed E-state index contributed by atoms with van der Waals surface area (Å²) in [5.41, 5.74) is 7.11. The summed E-state index contributed by atoms with van der Waals surface area (Å²) in [6.45, 7) is 6.23. The predicted molar refractivity (Wildman–Crippen MR) is 67.6 cm³/mol. The number of hydrogen-bond donors (Lipinski definition) is 2. The molecule has 0 radical (unpaired) electrons. The number of nitrogens with zero attached hydrogens (tertiary/aromatic N) is 2. The molecule has 90 valence electrons. The molecule has 0 spiro atoms. The predicted octanol–water partition coefficient (Wildman–Crippen LogP) is 2.15. The largest absolute Gasteiger partial charge is 0.318 e. The number of aromatic nitrogens is 3. The summed E-state index contributed by atoms with van der Waals surface area (Å²) in [4.78, 5) is 4.47. The molecule has 1 atom stereocenters. The first-order valence-corrected chi connectivity index (χ1v) is 5.72. The number of aromatic amines is 1. The smallest absolute Gasteiger partial charge is 0.156 e. The van der Waals surface area contributed by atoms with Gasteiger partial charge in [0, 0.05) is 5.41 Å². The van der Waals surface area contributed by atoms with E-state index in [-0.39, 0.29) is 11.5 Å². The van der Waals surface area contributed by atoms with Crippen molar-refractivity contribution in [1.29, 1.82) is 0 Å². The summed E-state index contributed by atoms with van der Waals surface area (Å²) < 4.78 is 0. The topological polar surface area (TPSA) is 67.6 Å². The molecular weight excluding hydrogens is 212 g/mol. The van der Waals surface area contributed by atoms with Gasteiger partial charge in [-0.3, -0.25) is 5.10 Å². The van der Waals surface area contributed by atoms with Gasteiger partial charge < -0.3 is 5.73 Å². The third-order valence-corrected chi connectivity index (χ3v) is 2.63. The molecule has 1 aromatic heterocycles. The minimum atomic E-state index is -0.250. The Balaban J connectivity index is 2.27. The van der Waals surface area contributed by atoms with Crippen molar-refractivity contribution in [2.75, 3.05) is 0 Å². The van der Waals surface area contributed by atoms with Crippen molar-refractivity contribution >= 4 is 0 Å². The summed E-state index contributed by atoms with van der Waals surface area (Å²) in [7, 11) is 0. The molecule has 0 fully saturated rings. The first kappa shape index (κ1) is 11.8. The van der Waals surface area contributed by atoms with Crippen LogP contribution >= 0.6 is 0 Å². The zero-order valence-electron chi connectivity index (χ0n) is 10.4. The molecule has 4 nitrogen and oxygen atoms in total. The maximum absolute atomic E-state index is 6.14. The second kappa shape index (κ2) is 4.30. The first-order valence-electron chi connectivity index (χ1n) is 5.72. The fraction of sp³-hybridized carbons (Fsp3) is 0.385. The lowest BCUT2D eigenvalue weighted by Crippen LogP contribution is -2.15. The molecule has 1 aromatic carbocycles. The van der Waals surface area contributed by atoms with Crippen molar-refractivity contribution in [2.45, 2.75) is 32.2 Å². The Morgan fingerprint density at radius 2 is 1.82 bits per heavy atom. The standard InChI is InChI=1S/C13H18N4/c1-13(2,3)12-15-11(16-17-12)10(14)9-7-5-4-6-8-9/h4-8,10H,14H2,1-3H3,(H,15,16,17)/t10-/m0/s1. The van der Waals surface area contributed by atoms with E-state index in [0.717, 1.165) is 11.4 Å². The van der Waals surface area contributed by atoms with Gasteiger partial charge in [-0.15, -0.1) is 0 Å². The van der Waals surface area contributed by atoms with Gasteiger partial charge in [0.15, 0.2) is 5.82 Å². The highest BCUT2D eigenvalue weighted by Crippen LogP contribution is 2.21. The van der Waals surface area contributed by atoms with Gasteiger partial charge in [0.2, 0.25) is 0 Å². The molecule has 2 rings (SSSR count). The zero-order chi connectivity index (χ0) is 12.5. The second-order valence-corrected chi connectivity index (χ2v) is 5.18.